The Morgan fingerprint density at radius 3 is 2.38 bits per heavy atom. The highest BCUT2D eigenvalue weighted by Crippen LogP contribution is 1.86. The maximum atomic E-state index is 5.13. The molecule has 70 valence electrons. The molecule has 0 fully saturated rings. The summed E-state index contributed by atoms with van der Waals surface area (Å²) in [6.45, 7) is 7.23. The molecule has 0 aliphatic carbocycles. The van der Waals surface area contributed by atoms with Crippen LogP contribution in [0.25, 0.3) is 0 Å². The van der Waals surface area contributed by atoms with E-state index in [1.54, 1.807) is 0 Å². The Labute approximate surface area is 79.9 Å². The number of terminal acetylenes is 1. The summed E-state index contributed by atoms with van der Waals surface area (Å²) in [5.74, 6) is 7.92. The average Bonchev–Trinajstić information content (AvgIpc) is 2.09. The van der Waals surface area contributed by atoms with Crippen LogP contribution in [0.3, 0.4) is 0 Å². The van der Waals surface area contributed by atoms with Crippen LogP contribution in [-0.2, 0) is 9.47 Å². The highest BCUT2D eigenvalue weighted by molar-refractivity contribution is 5.00. The first-order chi connectivity index (χ1) is 6.27. The molecule has 0 aromatic rings. The largest absolute Gasteiger partial charge is 0.364 e. The topological polar surface area (TPSA) is 18.5 Å². The Hall–Kier alpha value is -1.22. The van der Waals surface area contributed by atoms with E-state index in [0.717, 1.165) is 5.57 Å². The van der Waals surface area contributed by atoms with Gasteiger partial charge in [0.05, 0.1) is 6.61 Å². The van der Waals surface area contributed by atoms with Crippen LogP contribution in [0.5, 0.6) is 0 Å². The molecular formula is C11H14O2. The minimum atomic E-state index is 0.307. The molecule has 0 atom stereocenters. The molecule has 0 N–H and O–H groups in total. The van der Waals surface area contributed by atoms with Crippen molar-refractivity contribution in [3.05, 3.63) is 12.2 Å². The van der Waals surface area contributed by atoms with Crippen molar-refractivity contribution < 1.29 is 9.47 Å². The molecule has 13 heavy (non-hydrogen) atoms. The van der Waals surface area contributed by atoms with Gasteiger partial charge in [-0.2, -0.15) is 0 Å². The molecule has 0 unspecified atom stereocenters. The molecule has 0 aromatic carbocycles. The van der Waals surface area contributed by atoms with Gasteiger partial charge in [-0.25, -0.2) is 0 Å². The molecule has 0 aromatic heterocycles. The van der Waals surface area contributed by atoms with Crippen molar-refractivity contribution in [2.75, 3.05) is 26.4 Å². The van der Waals surface area contributed by atoms with Gasteiger partial charge in [-0.05, 0) is 6.92 Å². The number of rotatable bonds is 5. The zero-order chi connectivity index (χ0) is 9.94. The first-order valence-electron chi connectivity index (χ1n) is 3.96. The number of ether oxygens (including phenoxy) is 2. The first-order valence-corrected chi connectivity index (χ1v) is 3.96. The molecule has 2 nitrogen and oxygen atoms in total. The van der Waals surface area contributed by atoms with E-state index in [0.29, 0.717) is 26.4 Å². The average molecular weight is 178 g/mol. The van der Waals surface area contributed by atoms with E-state index < -0.39 is 0 Å². The zero-order valence-corrected chi connectivity index (χ0v) is 7.93. The predicted octanol–water partition coefficient (Wildman–Crippen LogP) is 1.23. The van der Waals surface area contributed by atoms with E-state index in [-0.39, 0.29) is 0 Å². The van der Waals surface area contributed by atoms with Crippen LogP contribution in [0.2, 0.25) is 0 Å². The Balaban J connectivity index is 3.21. The summed E-state index contributed by atoms with van der Waals surface area (Å²) in [7, 11) is 0. The fourth-order valence-electron chi connectivity index (χ4n) is 0.539. The molecule has 0 bridgehead atoms. The van der Waals surface area contributed by atoms with Crippen LogP contribution in [0.1, 0.15) is 6.92 Å². The normalized spacial score (nSPS) is 8.31. The van der Waals surface area contributed by atoms with Gasteiger partial charge in [0.15, 0.2) is 0 Å². The molecule has 0 saturated carbocycles. The van der Waals surface area contributed by atoms with Crippen LogP contribution in [0.4, 0.5) is 0 Å². The van der Waals surface area contributed by atoms with E-state index in [2.05, 4.69) is 24.3 Å². The molecule has 0 aliphatic rings. The number of hydrogen-bond donors (Lipinski definition) is 0. The van der Waals surface area contributed by atoms with Gasteiger partial charge < -0.3 is 9.47 Å². The van der Waals surface area contributed by atoms with Gasteiger partial charge in [0.2, 0.25) is 0 Å². The quantitative estimate of drug-likeness (QED) is 0.358. The lowest BCUT2D eigenvalue weighted by Gasteiger charge is -1.96. The molecule has 0 radical (unpaired) electrons. The van der Waals surface area contributed by atoms with Crippen molar-refractivity contribution in [1.82, 2.24) is 0 Å². The third-order valence-electron chi connectivity index (χ3n) is 1.01. The van der Waals surface area contributed by atoms with Gasteiger partial charge in [0.1, 0.15) is 19.8 Å². The maximum Gasteiger partial charge on any atom is 0.109 e. The molecule has 0 spiro atoms. The van der Waals surface area contributed by atoms with Gasteiger partial charge in [-0.1, -0.05) is 29.9 Å². The Morgan fingerprint density at radius 2 is 1.85 bits per heavy atom. The summed E-state index contributed by atoms with van der Waals surface area (Å²) in [5.41, 5.74) is 0.991. The first kappa shape index (κ1) is 11.8. The standard InChI is InChI=1S/C11H14O2/c1-4-7-12-8-5-6-9-13-10-11(2)3/h1H,2,7-10H2,3H3. The third kappa shape index (κ3) is 10.8. The maximum absolute atomic E-state index is 5.13. The van der Waals surface area contributed by atoms with Crippen LogP contribution in [0, 0.1) is 24.2 Å². The predicted molar refractivity (Wildman–Crippen MR) is 53.1 cm³/mol. The summed E-state index contributed by atoms with van der Waals surface area (Å²) in [6.07, 6.45) is 4.97. The lowest BCUT2D eigenvalue weighted by Crippen LogP contribution is -1.96. The Bertz CT molecular complexity index is 237. The summed E-state index contributed by atoms with van der Waals surface area (Å²) in [6, 6.07) is 0. The fraction of sp³-hybridized carbons (Fsp3) is 0.455. The van der Waals surface area contributed by atoms with Crippen molar-refractivity contribution in [2.24, 2.45) is 0 Å². The van der Waals surface area contributed by atoms with E-state index in [1.165, 1.54) is 0 Å². The summed E-state index contributed by atoms with van der Waals surface area (Å²) >= 11 is 0. The van der Waals surface area contributed by atoms with Crippen LogP contribution in [0.15, 0.2) is 12.2 Å². The molecule has 0 aliphatic heterocycles. The SMILES string of the molecule is C#CCOCC#CCOCC(=C)C. The zero-order valence-electron chi connectivity index (χ0n) is 7.93. The van der Waals surface area contributed by atoms with Gasteiger partial charge >= 0.3 is 0 Å². The molecule has 2 heteroatoms. The van der Waals surface area contributed by atoms with Gasteiger partial charge in [-0.3, -0.25) is 0 Å². The van der Waals surface area contributed by atoms with E-state index >= 15 is 0 Å². The van der Waals surface area contributed by atoms with Crippen molar-refractivity contribution in [3.63, 3.8) is 0 Å². The Kier molecular flexibility index (Phi) is 8.04. The summed E-state index contributed by atoms with van der Waals surface area (Å²) in [4.78, 5) is 0. The molecule has 0 heterocycles. The van der Waals surface area contributed by atoms with E-state index in [4.69, 9.17) is 15.9 Å². The summed E-state index contributed by atoms with van der Waals surface area (Å²) < 4.78 is 10.1. The monoisotopic (exact) mass is 178 g/mol. The van der Waals surface area contributed by atoms with Gasteiger partial charge in [0, 0.05) is 0 Å². The third-order valence-corrected chi connectivity index (χ3v) is 1.01. The lowest BCUT2D eigenvalue weighted by atomic mass is 10.4. The van der Waals surface area contributed by atoms with Crippen LogP contribution >= 0.6 is 0 Å². The van der Waals surface area contributed by atoms with Gasteiger partial charge in [-0.15, -0.1) is 6.42 Å². The second-order valence-electron chi connectivity index (χ2n) is 2.50. The highest BCUT2D eigenvalue weighted by atomic mass is 16.5. The van der Waals surface area contributed by atoms with E-state index in [1.807, 2.05) is 6.92 Å². The van der Waals surface area contributed by atoms with Crippen molar-refractivity contribution in [3.8, 4) is 24.2 Å². The number of hydrogen-bond acceptors (Lipinski definition) is 2. The highest BCUT2D eigenvalue weighted by Gasteiger charge is 1.83. The fourth-order valence-corrected chi connectivity index (χ4v) is 0.539. The van der Waals surface area contributed by atoms with Gasteiger partial charge in [0.25, 0.3) is 0 Å². The van der Waals surface area contributed by atoms with Crippen LogP contribution in [-0.4, -0.2) is 26.4 Å². The van der Waals surface area contributed by atoms with Crippen molar-refractivity contribution in [1.29, 1.82) is 0 Å². The Morgan fingerprint density at radius 1 is 1.23 bits per heavy atom. The summed E-state index contributed by atoms with van der Waals surface area (Å²) in [5, 5.41) is 0. The van der Waals surface area contributed by atoms with Crippen LogP contribution < -0.4 is 0 Å². The molecule has 0 amide bonds. The van der Waals surface area contributed by atoms with E-state index in [9.17, 15) is 0 Å². The van der Waals surface area contributed by atoms with Crippen molar-refractivity contribution in [2.45, 2.75) is 6.92 Å². The lowest BCUT2D eigenvalue weighted by molar-refractivity contribution is 0.190. The minimum absolute atomic E-state index is 0.307. The minimum Gasteiger partial charge on any atom is -0.364 e. The van der Waals surface area contributed by atoms with Crippen molar-refractivity contribution >= 4 is 0 Å². The molecule has 0 rings (SSSR count). The second-order valence-corrected chi connectivity index (χ2v) is 2.50. The smallest absolute Gasteiger partial charge is 0.109 e. The molecular weight excluding hydrogens is 164 g/mol. The molecule has 0 saturated heterocycles. The second kappa shape index (κ2) is 8.87.